The minimum absolute atomic E-state index is 1.07. The molecule has 206 valence electrons. The Kier molecular flexibility index (Phi) is 7.28. The van der Waals surface area contributed by atoms with Gasteiger partial charge in [0.25, 0.3) is 0 Å². The van der Waals surface area contributed by atoms with Gasteiger partial charge in [-0.15, -0.1) is 0 Å². The van der Waals surface area contributed by atoms with Gasteiger partial charge in [0.2, 0.25) is 0 Å². The number of anilines is 3. The van der Waals surface area contributed by atoms with Gasteiger partial charge < -0.3 is 9.38 Å². The zero-order valence-electron chi connectivity index (χ0n) is 25.1. The molecule has 0 N–H and O–H groups in total. The van der Waals surface area contributed by atoms with Crippen LogP contribution in [0.1, 0.15) is 37.5 Å². The monoisotopic (exact) mass is 537 g/mol. The summed E-state index contributed by atoms with van der Waals surface area (Å²) in [6.45, 7) is 15.8. The summed E-state index contributed by atoms with van der Waals surface area (Å²) >= 11 is 0. The highest BCUT2D eigenvalue weighted by atomic mass is 15.3. The maximum atomic E-state index is 2.41. The number of benzene rings is 6. The van der Waals surface area contributed by atoms with E-state index < -0.39 is 0 Å². The second-order valence-corrected chi connectivity index (χ2v) is 11.7. The van der Waals surface area contributed by atoms with E-state index in [2.05, 4.69) is 149 Å². The molecule has 0 atom stereocenters. The maximum Gasteiger partial charge on any atom is 0.104 e. The van der Waals surface area contributed by atoms with Crippen LogP contribution in [0.15, 0.2) is 109 Å². The topological polar surface area (TPSA) is 3.24 Å². The highest BCUT2D eigenvalue weighted by Gasteiger charge is 2.21. The van der Waals surface area contributed by atoms with E-state index >= 15 is 0 Å². The van der Waals surface area contributed by atoms with Crippen LogP contribution in [0.5, 0.6) is 0 Å². The summed E-state index contributed by atoms with van der Waals surface area (Å²) < 4.78 is 1.12. The standard InChI is InChI=1S/C39H41N2/c1-6-41(7-2,8-3)27-30-11-14-31-15-18-39(26-36(31)23-30)40(37-19-16-32-21-28(4)9-12-34(32)24-37)38-20-17-33-22-29(5)10-13-35(33)25-38/h9-26H,6-8,27H2,1-5H3/q+1. The fourth-order valence-electron chi connectivity index (χ4n) is 6.35. The SMILES string of the molecule is CC[N+](CC)(CC)Cc1ccc2ccc(N(c3ccc4cc(C)ccc4c3)c3ccc4cc(C)ccc4c3)cc2c1. The predicted octanol–water partition coefficient (Wildman–Crippen LogP) is 10.6. The summed E-state index contributed by atoms with van der Waals surface area (Å²) in [6, 6.07) is 41.0. The summed E-state index contributed by atoms with van der Waals surface area (Å²) in [6.07, 6.45) is 0. The molecule has 6 aromatic carbocycles. The molecule has 0 bridgehead atoms. The first kappa shape index (κ1) is 27.1. The molecule has 6 aromatic rings. The molecule has 0 amide bonds. The highest BCUT2D eigenvalue weighted by Crippen LogP contribution is 2.39. The van der Waals surface area contributed by atoms with Gasteiger partial charge >= 0.3 is 0 Å². The zero-order chi connectivity index (χ0) is 28.6. The Morgan fingerprint density at radius 3 is 1.37 bits per heavy atom. The molecule has 2 heteroatoms. The van der Waals surface area contributed by atoms with Gasteiger partial charge in [-0.2, -0.15) is 0 Å². The van der Waals surface area contributed by atoms with Gasteiger partial charge in [-0.05, 0) is 109 Å². The summed E-state index contributed by atoms with van der Waals surface area (Å²) in [5, 5.41) is 7.63. The Bertz CT molecular complexity index is 1770. The van der Waals surface area contributed by atoms with E-state index in [0.717, 1.165) is 30.7 Å². The molecule has 0 aliphatic rings. The molecular weight excluding hydrogens is 496 g/mol. The van der Waals surface area contributed by atoms with Gasteiger partial charge in [0, 0.05) is 22.6 Å². The van der Waals surface area contributed by atoms with E-state index in [1.807, 2.05) is 0 Å². The van der Waals surface area contributed by atoms with Gasteiger partial charge in [-0.1, -0.05) is 77.9 Å². The van der Waals surface area contributed by atoms with Crippen LogP contribution in [-0.4, -0.2) is 24.1 Å². The van der Waals surface area contributed by atoms with Crippen molar-refractivity contribution >= 4 is 49.4 Å². The van der Waals surface area contributed by atoms with E-state index in [1.54, 1.807) is 0 Å². The molecule has 0 aliphatic carbocycles. The molecule has 0 saturated heterocycles. The third kappa shape index (κ3) is 5.33. The Balaban J connectivity index is 1.50. The lowest BCUT2D eigenvalue weighted by Crippen LogP contribution is -2.46. The van der Waals surface area contributed by atoms with Gasteiger partial charge in [0.15, 0.2) is 0 Å². The van der Waals surface area contributed by atoms with Crippen LogP contribution in [0.25, 0.3) is 32.3 Å². The Morgan fingerprint density at radius 2 is 0.854 bits per heavy atom. The zero-order valence-corrected chi connectivity index (χ0v) is 25.1. The molecule has 0 spiro atoms. The fourth-order valence-corrected chi connectivity index (χ4v) is 6.35. The van der Waals surface area contributed by atoms with Crippen molar-refractivity contribution in [2.24, 2.45) is 0 Å². The minimum Gasteiger partial charge on any atom is -0.321 e. The first-order chi connectivity index (χ1) is 19.9. The molecule has 6 rings (SSSR count). The van der Waals surface area contributed by atoms with E-state index in [0.29, 0.717) is 0 Å². The quantitative estimate of drug-likeness (QED) is 0.175. The summed E-state index contributed by atoms with van der Waals surface area (Å²) in [5.41, 5.74) is 7.50. The van der Waals surface area contributed by atoms with Gasteiger partial charge in [-0.3, -0.25) is 0 Å². The average Bonchev–Trinajstić information content (AvgIpc) is 3.00. The Labute approximate surface area is 245 Å². The molecular formula is C39H41N2+. The first-order valence-electron chi connectivity index (χ1n) is 15.1. The Morgan fingerprint density at radius 1 is 0.439 bits per heavy atom. The molecule has 0 aliphatic heterocycles. The molecule has 0 radical (unpaired) electrons. The smallest absolute Gasteiger partial charge is 0.104 e. The van der Waals surface area contributed by atoms with Crippen LogP contribution in [0, 0.1) is 13.8 Å². The van der Waals surface area contributed by atoms with Crippen LogP contribution in [0.4, 0.5) is 17.1 Å². The van der Waals surface area contributed by atoms with Crippen molar-refractivity contribution in [3.63, 3.8) is 0 Å². The van der Waals surface area contributed by atoms with E-state index in [1.165, 1.54) is 66.1 Å². The molecule has 0 unspecified atom stereocenters. The van der Waals surface area contributed by atoms with Crippen molar-refractivity contribution in [2.75, 3.05) is 24.5 Å². The number of hydrogen-bond acceptors (Lipinski definition) is 1. The fraction of sp³-hybridized carbons (Fsp3) is 0.231. The van der Waals surface area contributed by atoms with E-state index in [4.69, 9.17) is 0 Å². The molecule has 0 aromatic heterocycles. The van der Waals surface area contributed by atoms with Crippen molar-refractivity contribution in [1.29, 1.82) is 0 Å². The molecule has 0 saturated carbocycles. The molecule has 0 fully saturated rings. The second-order valence-electron chi connectivity index (χ2n) is 11.7. The van der Waals surface area contributed by atoms with Crippen LogP contribution in [-0.2, 0) is 6.54 Å². The second kappa shape index (κ2) is 11.0. The summed E-state index contributed by atoms with van der Waals surface area (Å²) in [7, 11) is 0. The van der Waals surface area contributed by atoms with Crippen LogP contribution < -0.4 is 4.90 Å². The number of fused-ring (bicyclic) bond motifs is 3. The minimum atomic E-state index is 1.07. The van der Waals surface area contributed by atoms with Crippen molar-refractivity contribution in [2.45, 2.75) is 41.2 Å². The lowest BCUT2D eigenvalue weighted by molar-refractivity contribution is -0.936. The number of hydrogen-bond donors (Lipinski definition) is 0. The van der Waals surface area contributed by atoms with Crippen LogP contribution in [0.2, 0.25) is 0 Å². The van der Waals surface area contributed by atoms with Crippen LogP contribution >= 0.6 is 0 Å². The van der Waals surface area contributed by atoms with Crippen molar-refractivity contribution < 1.29 is 4.48 Å². The average molecular weight is 538 g/mol. The maximum absolute atomic E-state index is 2.41. The van der Waals surface area contributed by atoms with Gasteiger partial charge in [0.1, 0.15) is 6.54 Å². The lowest BCUT2D eigenvalue weighted by atomic mass is 10.0. The predicted molar refractivity (Wildman–Crippen MR) is 179 cm³/mol. The first-order valence-corrected chi connectivity index (χ1v) is 15.1. The van der Waals surface area contributed by atoms with Crippen molar-refractivity contribution in [1.82, 2.24) is 0 Å². The Hall–Kier alpha value is -4.14. The molecule has 2 nitrogen and oxygen atoms in total. The van der Waals surface area contributed by atoms with E-state index in [-0.39, 0.29) is 0 Å². The van der Waals surface area contributed by atoms with Crippen molar-refractivity contribution in [3.8, 4) is 0 Å². The number of rotatable bonds is 8. The summed E-state index contributed by atoms with van der Waals surface area (Å²) in [4.78, 5) is 2.41. The number of quaternary nitrogens is 1. The number of aryl methyl sites for hydroxylation is 2. The number of nitrogens with zero attached hydrogens (tertiary/aromatic N) is 2. The lowest BCUT2D eigenvalue weighted by Gasteiger charge is -2.36. The van der Waals surface area contributed by atoms with Crippen molar-refractivity contribution in [3.05, 3.63) is 126 Å². The van der Waals surface area contributed by atoms with Gasteiger partial charge in [-0.25, -0.2) is 0 Å². The highest BCUT2D eigenvalue weighted by molar-refractivity contribution is 5.95. The normalized spacial score (nSPS) is 11.9. The third-order valence-corrected chi connectivity index (χ3v) is 9.15. The van der Waals surface area contributed by atoms with Crippen LogP contribution in [0.3, 0.4) is 0 Å². The molecule has 0 heterocycles. The largest absolute Gasteiger partial charge is 0.321 e. The molecule has 41 heavy (non-hydrogen) atoms. The third-order valence-electron chi connectivity index (χ3n) is 9.15. The van der Waals surface area contributed by atoms with E-state index in [9.17, 15) is 0 Å². The summed E-state index contributed by atoms with van der Waals surface area (Å²) in [5.74, 6) is 0. The van der Waals surface area contributed by atoms with Gasteiger partial charge in [0.05, 0.1) is 19.6 Å².